The predicted molar refractivity (Wildman–Crippen MR) is 18.5 cm³/mol. The third kappa shape index (κ3) is 1.92. The van der Waals surface area contributed by atoms with Crippen molar-refractivity contribution in [2.24, 2.45) is 0 Å². The first-order valence-electron chi connectivity index (χ1n) is 1.20. The number of nitrogens with two attached hydrogens (primary N) is 1. The molecule has 0 aromatic heterocycles. The summed E-state index contributed by atoms with van der Waals surface area (Å²) in [7, 11) is 5.18. The van der Waals surface area contributed by atoms with Crippen LogP contribution in [0, 0.1) is 7.05 Å². The maximum absolute atomic E-state index is 3.37. The lowest BCUT2D eigenvalue weighted by molar-refractivity contribution is -0.652. The van der Waals surface area contributed by atoms with Crippen LogP contribution in [0.1, 0.15) is 1.43 Å². The lowest BCUT2D eigenvalue weighted by atomic mass is 11.4. The van der Waals surface area contributed by atoms with Crippen molar-refractivity contribution in [2.45, 2.75) is 0 Å². The topological polar surface area (TPSA) is 28.6 Å². The lowest BCUT2D eigenvalue weighted by Crippen LogP contribution is -2.86. The van der Waals surface area contributed by atoms with Crippen LogP contribution in [0.5, 0.6) is 0 Å². The zero-order valence-corrected chi connectivity index (χ0v) is 2.78. The second-order valence-electron chi connectivity index (χ2n) is 0.493. The maximum atomic E-state index is 3.37. The highest BCUT2D eigenvalue weighted by molar-refractivity contribution is 3.75. The monoisotopic (exact) mass is 62.1 g/mol. The normalized spacial score (nSPS) is 7.50. The van der Waals surface area contributed by atoms with Crippen molar-refractivity contribution >= 4 is 0 Å². The van der Waals surface area contributed by atoms with Crippen LogP contribution in [0.15, 0.2) is 0 Å². The predicted octanol–water partition coefficient (Wildman–Crippen LogP) is -1.28. The molecular formula is C2H10N2. The first-order chi connectivity index (χ1) is 1.91. The van der Waals surface area contributed by atoms with Gasteiger partial charge in [0.15, 0.2) is 0 Å². The Balaban J connectivity index is 0. The Labute approximate surface area is 27.7 Å². The standard InChI is InChI=1S/C2H8N2.H2/c1-3-4-2;/h4H,1,3H2,2H3;1H. The minimum atomic E-state index is 0. The largest absolute Gasteiger partial charge is 0.399 e. The van der Waals surface area contributed by atoms with E-state index in [-0.39, 0.29) is 1.43 Å². The van der Waals surface area contributed by atoms with Gasteiger partial charge in [-0.25, -0.2) is 5.43 Å². The second kappa shape index (κ2) is 2.92. The number of nitrogens with one attached hydrogen (secondary N) is 1. The molecule has 28 valence electrons. The van der Waals surface area contributed by atoms with Crippen molar-refractivity contribution in [3.05, 3.63) is 7.05 Å². The molecule has 3 N–H and O–H groups in total. The van der Waals surface area contributed by atoms with Crippen LogP contribution in [0.3, 0.4) is 0 Å². The van der Waals surface area contributed by atoms with Gasteiger partial charge >= 0.3 is 0 Å². The van der Waals surface area contributed by atoms with Crippen LogP contribution in [0.4, 0.5) is 0 Å². The van der Waals surface area contributed by atoms with E-state index >= 15 is 0 Å². The molecule has 0 aliphatic heterocycles. The molecule has 0 bridgehead atoms. The van der Waals surface area contributed by atoms with Crippen molar-refractivity contribution in [1.82, 2.24) is 5.43 Å². The van der Waals surface area contributed by atoms with Crippen LogP contribution in [0.2, 0.25) is 0 Å². The summed E-state index contributed by atoms with van der Waals surface area (Å²) in [6.07, 6.45) is 0. The lowest BCUT2D eigenvalue weighted by Gasteiger charge is -1.86. The van der Waals surface area contributed by atoms with E-state index in [4.69, 9.17) is 0 Å². The van der Waals surface area contributed by atoms with Crippen molar-refractivity contribution < 1.29 is 6.85 Å². The molecule has 0 saturated carbocycles. The molecule has 0 unspecified atom stereocenters. The molecular weight excluding hydrogens is 52.0 g/mol. The van der Waals surface area contributed by atoms with Crippen molar-refractivity contribution in [1.29, 1.82) is 0 Å². The highest BCUT2D eigenvalue weighted by atomic mass is 15.3. The van der Waals surface area contributed by atoms with Crippen LogP contribution in [-0.2, 0) is 0 Å². The van der Waals surface area contributed by atoms with E-state index in [0.717, 1.165) is 0 Å². The Morgan fingerprint density at radius 3 is 2.50 bits per heavy atom. The van der Waals surface area contributed by atoms with E-state index in [1.54, 1.807) is 5.43 Å². The van der Waals surface area contributed by atoms with Crippen LogP contribution in [0.25, 0.3) is 0 Å². The summed E-state index contributed by atoms with van der Waals surface area (Å²) in [5, 5.41) is 0. The van der Waals surface area contributed by atoms with Gasteiger partial charge in [0.05, 0.1) is 0 Å². The average molecular weight is 62.1 g/mol. The first-order valence-corrected chi connectivity index (χ1v) is 1.20. The molecule has 0 spiro atoms. The molecule has 0 aromatic rings. The van der Waals surface area contributed by atoms with Gasteiger partial charge in [-0.2, -0.15) is 0 Å². The van der Waals surface area contributed by atoms with Gasteiger partial charge in [0.1, 0.15) is 0 Å². The van der Waals surface area contributed by atoms with E-state index in [9.17, 15) is 0 Å². The quantitative estimate of drug-likeness (QED) is 0.221. The summed E-state index contributed by atoms with van der Waals surface area (Å²) in [6.45, 7) is 0. The summed E-state index contributed by atoms with van der Waals surface area (Å²) < 4.78 is 0. The van der Waals surface area contributed by atoms with Crippen LogP contribution >= 0.6 is 0 Å². The van der Waals surface area contributed by atoms with Gasteiger partial charge in [-0.05, 0) is 0 Å². The third-order valence-corrected chi connectivity index (χ3v) is 0.204. The van der Waals surface area contributed by atoms with Crippen LogP contribution in [-0.4, -0.2) is 7.05 Å². The van der Waals surface area contributed by atoms with Crippen molar-refractivity contribution in [3.63, 3.8) is 0 Å². The van der Waals surface area contributed by atoms with Crippen LogP contribution < -0.4 is 10.9 Å². The molecule has 0 rings (SSSR count). The van der Waals surface area contributed by atoms with Gasteiger partial charge in [0.25, 0.3) is 0 Å². The third-order valence-electron chi connectivity index (χ3n) is 0.204. The number of quaternary nitrogens is 1. The fraction of sp³-hybridized carbons (Fsp3) is 0.500. The molecule has 0 aliphatic rings. The molecule has 2 nitrogen and oxygen atoms in total. The van der Waals surface area contributed by atoms with Gasteiger partial charge in [-0.1, -0.05) is 0 Å². The Morgan fingerprint density at radius 2 is 2.50 bits per heavy atom. The molecule has 0 amide bonds. The first kappa shape index (κ1) is 3.92. The van der Waals surface area contributed by atoms with Gasteiger partial charge in [0, 0.05) is 8.47 Å². The molecule has 0 radical (unpaired) electrons. The molecule has 4 heavy (non-hydrogen) atoms. The Kier molecular flexibility index (Phi) is 2.86. The molecule has 0 aliphatic carbocycles. The zero-order valence-electron chi connectivity index (χ0n) is 2.78. The van der Waals surface area contributed by atoms with E-state index in [0.29, 0.717) is 0 Å². The molecule has 2 heteroatoms. The van der Waals surface area contributed by atoms with Gasteiger partial charge in [-0.15, -0.1) is 7.05 Å². The average Bonchev–Trinajstić information content (AvgIpc) is 1.37. The Bertz CT molecular complexity index is 9.61. The highest BCUT2D eigenvalue weighted by Gasteiger charge is 1.40. The maximum Gasteiger partial charge on any atom is 0.0306 e. The molecule has 0 fully saturated rings. The van der Waals surface area contributed by atoms with E-state index in [2.05, 4.69) is 12.5 Å². The van der Waals surface area contributed by atoms with Crippen molar-refractivity contribution in [2.75, 3.05) is 7.05 Å². The summed E-state index contributed by atoms with van der Waals surface area (Å²) in [4.78, 5) is 0. The summed E-state index contributed by atoms with van der Waals surface area (Å²) >= 11 is 0. The van der Waals surface area contributed by atoms with Crippen molar-refractivity contribution in [3.8, 4) is 0 Å². The number of hydrogen-bond acceptors (Lipinski definition) is 1. The number of rotatable bonds is 1. The zero-order chi connectivity index (χ0) is 3.41. The van der Waals surface area contributed by atoms with Gasteiger partial charge in [0.2, 0.25) is 0 Å². The minimum Gasteiger partial charge on any atom is -0.399 e. The van der Waals surface area contributed by atoms with E-state index < -0.39 is 0 Å². The second-order valence-corrected chi connectivity index (χ2v) is 0.493. The van der Waals surface area contributed by atoms with E-state index in [1.165, 1.54) is 0 Å². The Hall–Kier alpha value is -0.0800. The fourth-order valence-corrected chi connectivity index (χ4v) is 0. The van der Waals surface area contributed by atoms with E-state index in [1.807, 2.05) is 7.05 Å². The summed E-state index contributed by atoms with van der Waals surface area (Å²) in [5.74, 6) is 0. The summed E-state index contributed by atoms with van der Waals surface area (Å²) in [5.41, 5.74) is 4.32. The minimum absolute atomic E-state index is 0. The SMILES string of the molecule is [CH2-][NH2+]NC.[HH]. The smallest absolute Gasteiger partial charge is 0.0306 e. The van der Waals surface area contributed by atoms with Gasteiger partial charge in [-0.3, -0.25) is 0 Å². The summed E-state index contributed by atoms with van der Waals surface area (Å²) in [6, 6.07) is 0. The van der Waals surface area contributed by atoms with Gasteiger partial charge < -0.3 is 5.43 Å². The highest BCUT2D eigenvalue weighted by Crippen LogP contribution is 0.870. The fourth-order valence-electron chi connectivity index (χ4n) is 0. The molecule has 0 aromatic carbocycles. The number of hydrogen-bond donors (Lipinski definition) is 2. The molecule has 0 atom stereocenters. The molecule has 0 saturated heterocycles. The molecule has 0 heterocycles. The Morgan fingerprint density at radius 1 is 2.25 bits per heavy atom.